The quantitative estimate of drug-likeness (QED) is 0.770. The van der Waals surface area contributed by atoms with Crippen molar-refractivity contribution in [2.45, 2.75) is 13.5 Å². The molecule has 1 aliphatic heterocycles. The summed E-state index contributed by atoms with van der Waals surface area (Å²) in [6.07, 6.45) is 3.33. The molecule has 1 amide bonds. The fourth-order valence-corrected chi connectivity index (χ4v) is 2.85. The normalized spacial score (nSPS) is 14.0. The van der Waals surface area contributed by atoms with Crippen LogP contribution >= 0.6 is 0 Å². The Morgan fingerprint density at radius 2 is 1.68 bits per heavy atom. The first kappa shape index (κ1) is 21.0. The van der Waals surface area contributed by atoms with Gasteiger partial charge < -0.3 is 15.1 Å². The standard InChI is InChI=1S/C18H21N3O.C2H2O4/c1-15-4-2-5-16(12-15)14-20-8-10-21(11-9-20)18(22)17-6-3-7-19-13-17;3-1(4)2(5)6/h2-7,12-13H,8-11,14H2,1H3;(H,3,4)(H,5,6). The molecule has 8 heteroatoms. The molecule has 3 rings (SSSR count). The number of hydrogen-bond acceptors (Lipinski definition) is 5. The average molecular weight is 385 g/mol. The van der Waals surface area contributed by atoms with Crippen LogP contribution in [-0.2, 0) is 16.1 Å². The largest absolute Gasteiger partial charge is 0.473 e. The number of aryl methyl sites for hydroxylation is 1. The van der Waals surface area contributed by atoms with Gasteiger partial charge in [-0.25, -0.2) is 9.59 Å². The van der Waals surface area contributed by atoms with Gasteiger partial charge in [-0.3, -0.25) is 14.7 Å². The van der Waals surface area contributed by atoms with Crippen LogP contribution in [0.5, 0.6) is 0 Å². The van der Waals surface area contributed by atoms with Gasteiger partial charge >= 0.3 is 11.9 Å². The molecule has 148 valence electrons. The van der Waals surface area contributed by atoms with E-state index in [4.69, 9.17) is 19.8 Å². The van der Waals surface area contributed by atoms with Gasteiger partial charge in [-0.2, -0.15) is 0 Å². The third-order valence-electron chi connectivity index (χ3n) is 4.24. The molecule has 1 aromatic heterocycles. The lowest BCUT2D eigenvalue weighted by molar-refractivity contribution is -0.159. The summed E-state index contributed by atoms with van der Waals surface area (Å²) in [4.78, 5) is 38.9. The van der Waals surface area contributed by atoms with E-state index >= 15 is 0 Å². The van der Waals surface area contributed by atoms with Crippen LogP contribution < -0.4 is 0 Å². The van der Waals surface area contributed by atoms with Gasteiger partial charge in [-0.05, 0) is 24.6 Å². The van der Waals surface area contributed by atoms with Crippen LogP contribution in [0.1, 0.15) is 21.5 Å². The van der Waals surface area contributed by atoms with Crippen molar-refractivity contribution in [3.63, 3.8) is 0 Å². The first-order valence-corrected chi connectivity index (χ1v) is 8.80. The molecule has 28 heavy (non-hydrogen) atoms. The number of piperazine rings is 1. The molecule has 0 spiro atoms. The van der Waals surface area contributed by atoms with E-state index in [0.717, 1.165) is 32.7 Å². The van der Waals surface area contributed by atoms with Crippen LogP contribution in [0.2, 0.25) is 0 Å². The summed E-state index contributed by atoms with van der Waals surface area (Å²) in [6, 6.07) is 12.3. The third kappa shape index (κ3) is 6.48. The summed E-state index contributed by atoms with van der Waals surface area (Å²) in [5.74, 6) is -3.56. The van der Waals surface area contributed by atoms with Crippen LogP contribution in [0.15, 0.2) is 48.8 Å². The Bertz CT molecular complexity index is 806. The highest BCUT2D eigenvalue weighted by molar-refractivity contribution is 6.27. The van der Waals surface area contributed by atoms with Gasteiger partial charge in [0.1, 0.15) is 0 Å². The van der Waals surface area contributed by atoms with E-state index < -0.39 is 11.9 Å². The van der Waals surface area contributed by atoms with Crippen molar-refractivity contribution in [1.29, 1.82) is 0 Å². The van der Waals surface area contributed by atoms with Gasteiger partial charge in [-0.15, -0.1) is 0 Å². The second kappa shape index (κ2) is 10.2. The Balaban J connectivity index is 0.000000409. The number of amides is 1. The lowest BCUT2D eigenvalue weighted by Gasteiger charge is -2.34. The van der Waals surface area contributed by atoms with E-state index in [-0.39, 0.29) is 5.91 Å². The van der Waals surface area contributed by atoms with Gasteiger partial charge in [-0.1, -0.05) is 29.8 Å². The van der Waals surface area contributed by atoms with E-state index in [9.17, 15) is 4.79 Å². The van der Waals surface area contributed by atoms with E-state index in [0.29, 0.717) is 5.56 Å². The van der Waals surface area contributed by atoms with Crippen molar-refractivity contribution < 1.29 is 24.6 Å². The molecule has 1 fully saturated rings. The van der Waals surface area contributed by atoms with Gasteiger partial charge in [0.15, 0.2) is 0 Å². The van der Waals surface area contributed by atoms with Crippen molar-refractivity contribution in [2.24, 2.45) is 0 Å². The monoisotopic (exact) mass is 385 g/mol. The van der Waals surface area contributed by atoms with E-state index in [2.05, 4.69) is 41.1 Å². The van der Waals surface area contributed by atoms with Crippen LogP contribution in [0.4, 0.5) is 0 Å². The number of aliphatic carboxylic acids is 2. The maximum absolute atomic E-state index is 12.4. The highest BCUT2D eigenvalue weighted by atomic mass is 16.4. The minimum absolute atomic E-state index is 0.0864. The molecule has 8 nitrogen and oxygen atoms in total. The molecule has 1 aliphatic rings. The number of carbonyl (C=O) groups excluding carboxylic acids is 1. The molecule has 0 radical (unpaired) electrons. The van der Waals surface area contributed by atoms with E-state index in [1.54, 1.807) is 18.5 Å². The lowest BCUT2D eigenvalue weighted by Crippen LogP contribution is -2.48. The number of carbonyl (C=O) groups is 3. The number of benzene rings is 1. The Labute approximate surface area is 163 Å². The van der Waals surface area contributed by atoms with Crippen LogP contribution in [-0.4, -0.2) is 69.0 Å². The molecule has 0 atom stereocenters. The number of rotatable bonds is 3. The number of carboxylic acid groups (broad SMARTS) is 2. The predicted molar refractivity (Wildman–Crippen MR) is 102 cm³/mol. The first-order valence-electron chi connectivity index (χ1n) is 8.80. The molecule has 0 unspecified atom stereocenters. The Morgan fingerprint density at radius 3 is 2.21 bits per heavy atom. The topological polar surface area (TPSA) is 111 Å². The van der Waals surface area contributed by atoms with Gasteiger partial charge in [0.25, 0.3) is 5.91 Å². The first-order chi connectivity index (χ1) is 13.4. The summed E-state index contributed by atoms with van der Waals surface area (Å²) in [7, 11) is 0. The molecular weight excluding hydrogens is 362 g/mol. The molecule has 0 saturated carbocycles. The molecule has 1 saturated heterocycles. The Hall–Kier alpha value is -3.26. The van der Waals surface area contributed by atoms with Crippen molar-refractivity contribution in [3.05, 3.63) is 65.5 Å². The summed E-state index contributed by atoms with van der Waals surface area (Å²) in [5.41, 5.74) is 3.31. The van der Waals surface area contributed by atoms with E-state index in [1.807, 2.05) is 11.0 Å². The van der Waals surface area contributed by atoms with Crippen molar-refractivity contribution in [1.82, 2.24) is 14.8 Å². The van der Waals surface area contributed by atoms with Crippen molar-refractivity contribution >= 4 is 17.8 Å². The average Bonchev–Trinajstić information content (AvgIpc) is 2.69. The highest BCUT2D eigenvalue weighted by Crippen LogP contribution is 2.12. The van der Waals surface area contributed by atoms with E-state index in [1.165, 1.54) is 11.1 Å². The molecule has 0 bridgehead atoms. The summed E-state index contributed by atoms with van der Waals surface area (Å²) < 4.78 is 0. The summed E-state index contributed by atoms with van der Waals surface area (Å²) >= 11 is 0. The Morgan fingerprint density at radius 1 is 1.00 bits per heavy atom. The number of hydrogen-bond donors (Lipinski definition) is 2. The molecule has 1 aromatic carbocycles. The molecule has 2 aromatic rings. The smallest absolute Gasteiger partial charge is 0.414 e. The maximum Gasteiger partial charge on any atom is 0.414 e. The fraction of sp³-hybridized carbons (Fsp3) is 0.300. The zero-order valence-electron chi connectivity index (χ0n) is 15.6. The fourth-order valence-electron chi connectivity index (χ4n) is 2.85. The molecule has 2 heterocycles. The number of aromatic nitrogens is 1. The second-order valence-corrected chi connectivity index (χ2v) is 6.41. The number of pyridine rings is 1. The van der Waals surface area contributed by atoms with Gasteiger partial charge in [0, 0.05) is 45.1 Å². The Kier molecular flexibility index (Phi) is 7.65. The lowest BCUT2D eigenvalue weighted by atomic mass is 10.1. The highest BCUT2D eigenvalue weighted by Gasteiger charge is 2.22. The van der Waals surface area contributed by atoms with Crippen LogP contribution in [0.3, 0.4) is 0 Å². The molecule has 0 aliphatic carbocycles. The second-order valence-electron chi connectivity index (χ2n) is 6.41. The predicted octanol–water partition coefficient (Wildman–Crippen LogP) is 1.50. The minimum Gasteiger partial charge on any atom is -0.473 e. The summed E-state index contributed by atoms with van der Waals surface area (Å²) in [5, 5.41) is 14.8. The zero-order valence-corrected chi connectivity index (χ0v) is 15.6. The third-order valence-corrected chi connectivity index (χ3v) is 4.24. The van der Waals surface area contributed by atoms with Crippen molar-refractivity contribution in [3.8, 4) is 0 Å². The summed E-state index contributed by atoms with van der Waals surface area (Å²) in [6.45, 7) is 6.46. The van der Waals surface area contributed by atoms with Gasteiger partial charge in [0.05, 0.1) is 5.56 Å². The van der Waals surface area contributed by atoms with Crippen LogP contribution in [0.25, 0.3) is 0 Å². The number of nitrogens with zero attached hydrogens (tertiary/aromatic N) is 3. The van der Waals surface area contributed by atoms with Crippen molar-refractivity contribution in [2.75, 3.05) is 26.2 Å². The van der Waals surface area contributed by atoms with Crippen LogP contribution in [0, 0.1) is 6.92 Å². The molecular formula is C20H23N3O5. The minimum atomic E-state index is -1.82. The van der Waals surface area contributed by atoms with Gasteiger partial charge in [0.2, 0.25) is 0 Å². The maximum atomic E-state index is 12.4. The zero-order chi connectivity index (χ0) is 20.5. The SMILES string of the molecule is Cc1cccc(CN2CCN(C(=O)c3cccnc3)CC2)c1.O=C(O)C(=O)O. The molecule has 2 N–H and O–H groups in total. The number of carboxylic acids is 2.